The summed E-state index contributed by atoms with van der Waals surface area (Å²) >= 11 is 0. The summed E-state index contributed by atoms with van der Waals surface area (Å²) in [5.74, 6) is 0. The Bertz CT molecular complexity index is 1330. The third kappa shape index (κ3) is 3.08. The Hall–Kier alpha value is -3.17. The van der Waals surface area contributed by atoms with Crippen molar-refractivity contribution in [2.24, 2.45) is 0 Å². The van der Waals surface area contributed by atoms with Crippen LogP contribution < -0.4 is 5.19 Å². The van der Waals surface area contributed by atoms with Gasteiger partial charge in [-0.15, -0.1) is 0 Å². The van der Waals surface area contributed by atoms with Crippen LogP contribution in [0, 0.1) is 0 Å². The average molecular weight is 394 g/mol. The molecule has 2 aromatic heterocycles. The van der Waals surface area contributed by atoms with E-state index in [4.69, 9.17) is 9.40 Å². The Balaban J connectivity index is 1.77. The molecule has 0 aliphatic carbocycles. The summed E-state index contributed by atoms with van der Waals surface area (Å²) in [6, 6.07) is 27.4. The summed E-state index contributed by atoms with van der Waals surface area (Å²) in [5, 5.41) is 3.66. The van der Waals surface area contributed by atoms with Crippen molar-refractivity contribution in [2.75, 3.05) is 0 Å². The standard InChI is InChI=1S/C26H23NOSi/c1-29(2,3)25-17-27-23(16-22(25)18-10-5-4-6-11-18)21-14-9-13-20-19-12-7-8-15-24(19)28-26(20)21/h4-17H,1-3H3. The minimum atomic E-state index is -1.55. The van der Waals surface area contributed by atoms with Gasteiger partial charge in [-0.25, -0.2) is 0 Å². The van der Waals surface area contributed by atoms with E-state index in [1.807, 2.05) is 12.1 Å². The van der Waals surface area contributed by atoms with Crippen LogP contribution in [0.25, 0.3) is 44.3 Å². The Labute approximate surface area is 171 Å². The number of rotatable bonds is 3. The van der Waals surface area contributed by atoms with Gasteiger partial charge in [0, 0.05) is 22.5 Å². The van der Waals surface area contributed by atoms with Gasteiger partial charge in [0.25, 0.3) is 0 Å². The maximum atomic E-state index is 6.25. The molecular weight excluding hydrogens is 370 g/mol. The number of pyridine rings is 1. The monoisotopic (exact) mass is 393 g/mol. The Morgan fingerprint density at radius 1 is 0.724 bits per heavy atom. The van der Waals surface area contributed by atoms with Crippen molar-refractivity contribution in [3.8, 4) is 22.4 Å². The Kier molecular flexibility index (Phi) is 4.14. The van der Waals surface area contributed by atoms with Crippen LogP contribution >= 0.6 is 0 Å². The molecule has 0 spiro atoms. The lowest BCUT2D eigenvalue weighted by Gasteiger charge is -2.21. The maximum absolute atomic E-state index is 6.25. The van der Waals surface area contributed by atoms with Crippen LogP contribution in [-0.2, 0) is 0 Å². The van der Waals surface area contributed by atoms with Crippen LogP contribution in [0.2, 0.25) is 19.6 Å². The summed E-state index contributed by atoms with van der Waals surface area (Å²) in [4.78, 5) is 4.90. The number of hydrogen-bond acceptors (Lipinski definition) is 2. The molecular formula is C26H23NOSi. The lowest BCUT2D eigenvalue weighted by Crippen LogP contribution is -2.39. The molecule has 2 heterocycles. The summed E-state index contributed by atoms with van der Waals surface area (Å²) < 4.78 is 6.25. The van der Waals surface area contributed by atoms with Crippen LogP contribution in [0.1, 0.15) is 0 Å². The largest absolute Gasteiger partial charge is 0.455 e. The lowest BCUT2D eigenvalue weighted by atomic mass is 10.0. The molecule has 0 N–H and O–H groups in total. The smallest absolute Gasteiger partial charge is 0.144 e. The van der Waals surface area contributed by atoms with Crippen molar-refractivity contribution in [3.05, 3.63) is 85.1 Å². The zero-order chi connectivity index (χ0) is 20.0. The predicted molar refractivity (Wildman–Crippen MR) is 125 cm³/mol. The molecule has 5 aromatic rings. The van der Waals surface area contributed by atoms with E-state index in [1.54, 1.807) is 0 Å². The number of fused-ring (bicyclic) bond motifs is 3. The van der Waals surface area contributed by atoms with Gasteiger partial charge in [-0.05, 0) is 34.5 Å². The summed E-state index contributed by atoms with van der Waals surface area (Å²) in [5.41, 5.74) is 6.33. The van der Waals surface area contributed by atoms with Crippen molar-refractivity contribution in [1.82, 2.24) is 4.98 Å². The molecule has 3 heteroatoms. The SMILES string of the molecule is C[Si](C)(C)c1cnc(-c2cccc3c2oc2ccccc23)cc1-c1ccccc1. The van der Waals surface area contributed by atoms with E-state index in [9.17, 15) is 0 Å². The molecule has 142 valence electrons. The van der Waals surface area contributed by atoms with Gasteiger partial charge in [0.15, 0.2) is 0 Å². The molecule has 0 saturated heterocycles. The van der Waals surface area contributed by atoms with Crippen LogP contribution in [0.5, 0.6) is 0 Å². The molecule has 0 saturated carbocycles. The molecule has 0 atom stereocenters. The number of aromatic nitrogens is 1. The van der Waals surface area contributed by atoms with Gasteiger partial charge in [-0.1, -0.05) is 80.3 Å². The number of furan rings is 1. The average Bonchev–Trinajstić information content (AvgIpc) is 3.12. The van der Waals surface area contributed by atoms with Gasteiger partial charge in [-0.2, -0.15) is 0 Å². The Morgan fingerprint density at radius 3 is 2.24 bits per heavy atom. The van der Waals surface area contributed by atoms with E-state index in [2.05, 4.69) is 92.6 Å². The first-order valence-electron chi connectivity index (χ1n) is 9.99. The first-order valence-corrected chi connectivity index (χ1v) is 13.5. The van der Waals surface area contributed by atoms with Gasteiger partial charge in [0.1, 0.15) is 11.2 Å². The molecule has 5 rings (SSSR count). The van der Waals surface area contributed by atoms with Crippen LogP contribution in [-0.4, -0.2) is 13.1 Å². The highest BCUT2D eigenvalue weighted by Gasteiger charge is 2.23. The van der Waals surface area contributed by atoms with Crippen molar-refractivity contribution in [2.45, 2.75) is 19.6 Å². The van der Waals surface area contributed by atoms with E-state index >= 15 is 0 Å². The molecule has 0 aliphatic rings. The highest BCUT2D eigenvalue weighted by atomic mass is 28.3. The third-order valence-electron chi connectivity index (χ3n) is 5.48. The summed E-state index contributed by atoms with van der Waals surface area (Å²) in [7, 11) is -1.55. The van der Waals surface area contributed by atoms with Crippen molar-refractivity contribution < 1.29 is 4.42 Å². The number of benzene rings is 3. The maximum Gasteiger partial charge on any atom is 0.144 e. The molecule has 2 nitrogen and oxygen atoms in total. The van der Waals surface area contributed by atoms with Gasteiger partial charge < -0.3 is 4.42 Å². The zero-order valence-electron chi connectivity index (χ0n) is 16.9. The fourth-order valence-electron chi connectivity index (χ4n) is 4.01. The van der Waals surface area contributed by atoms with Gasteiger partial charge in [-0.3, -0.25) is 4.98 Å². The predicted octanol–water partition coefficient (Wildman–Crippen LogP) is 6.86. The molecule has 29 heavy (non-hydrogen) atoms. The Morgan fingerprint density at radius 2 is 1.45 bits per heavy atom. The second-order valence-corrected chi connectivity index (χ2v) is 13.6. The molecule has 0 fully saturated rings. The highest BCUT2D eigenvalue weighted by molar-refractivity contribution is 6.89. The fourth-order valence-corrected chi connectivity index (χ4v) is 5.48. The van der Waals surface area contributed by atoms with Gasteiger partial charge in [0.05, 0.1) is 13.8 Å². The summed E-state index contributed by atoms with van der Waals surface area (Å²) in [6.45, 7) is 7.11. The minimum Gasteiger partial charge on any atom is -0.455 e. The summed E-state index contributed by atoms with van der Waals surface area (Å²) in [6.07, 6.45) is 2.09. The van der Waals surface area contributed by atoms with Crippen LogP contribution in [0.4, 0.5) is 0 Å². The van der Waals surface area contributed by atoms with Gasteiger partial charge >= 0.3 is 0 Å². The van der Waals surface area contributed by atoms with Crippen molar-refractivity contribution >= 4 is 35.2 Å². The molecule has 0 aliphatic heterocycles. The molecule has 0 bridgehead atoms. The minimum absolute atomic E-state index is 0.904. The number of nitrogens with zero attached hydrogens (tertiary/aromatic N) is 1. The van der Waals surface area contributed by atoms with Gasteiger partial charge in [0.2, 0.25) is 0 Å². The van der Waals surface area contributed by atoms with Crippen LogP contribution in [0.3, 0.4) is 0 Å². The first kappa shape index (κ1) is 17.9. The van der Waals surface area contributed by atoms with Crippen molar-refractivity contribution in [1.29, 1.82) is 0 Å². The van der Waals surface area contributed by atoms with E-state index in [0.29, 0.717) is 0 Å². The fraction of sp³-hybridized carbons (Fsp3) is 0.115. The number of hydrogen-bond donors (Lipinski definition) is 0. The number of para-hydroxylation sites is 2. The normalized spacial score (nSPS) is 12.0. The third-order valence-corrected chi connectivity index (χ3v) is 7.49. The zero-order valence-corrected chi connectivity index (χ0v) is 17.9. The topological polar surface area (TPSA) is 26.0 Å². The molecule has 3 aromatic carbocycles. The second-order valence-electron chi connectivity index (χ2n) is 8.51. The lowest BCUT2D eigenvalue weighted by molar-refractivity contribution is 0.670. The van der Waals surface area contributed by atoms with E-state index in [-0.39, 0.29) is 0 Å². The van der Waals surface area contributed by atoms with E-state index < -0.39 is 8.07 Å². The van der Waals surface area contributed by atoms with Crippen LogP contribution in [0.15, 0.2) is 89.5 Å². The van der Waals surface area contributed by atoms with E-state index in [1.165, 1.54) is 16.3 Å². The van der Waals surface area contributed by atoms with Crippen molar-refractivity contribution in [3.63, 3.8) is 0 Å². The molecule has 0 amide bonds. The molecule has 0 unspecified atom stereocenters. The first-order chi connectivity index (χ1) is 14.0. The quantitative estimate of drug-likeness (QED) is 0.313. The molecule has 0 radical (unpaired) electrons. The second kappa shape index (κ2) is 6.71. The van der Waals surface area contributed by atoms with E-state index in [0.717, 1.165) is 33.2 Å². The highest BCUT2D eigenvalue weighted by Crippen LogP contribution is 2.36.